The first-order chi connectivity index (χ1) is 15.3. The molecule has 2 nitrogen and oxygen atoms in total. The lowest BCUT2D eigenvalue weighted by molar-refractivity contribution is 0.186. The van der Waals surface area contributed by atoms with Crippen molar-refractivity contribution in [1.82, 2.24) is 9.88 Å². The summed E-state index contributed by atoms with van der Waals surface area (Å²) in [5.41, 5.74) is 8.47. The number of hydrogen-bond acceptors (Lipinski definition) is 1. The minimum absolute atomic E-state index is 0.267. The van der Waals surface area contributed by atoms with E-state index in [1.54, 1.807) is 0 Å². The van der Waals surface area contributed by atoms with Gasteiger partial charge in [-0.2, -0.15) is 0 Å². The Kier molecular flexibility index (Phi) is 4.54. The molecular weight excluding hydrogens is 376 g/mol. The third-order valence-corrected chi connectivity index (χ3v) is 7.38. The van der Waals surface area contributed by atoms with E-state index in [4.69, 9.17) is 0 Å². The van der Waals surface area contributed by atoms with Crippen LogP contribution in [-0.2, 0) is 11.8 Å². The molecule has 1 aromatic heterocycles. The molecule has 1 aliphatic heterocycles. The van der Waals surface area contributed by atoms with Gasteiger partial charge >= 0.3 is 0 Å². The average Bonchev–Trinajstić information content (AvgIpc) is 3.39. The fraction of sp³-hybridized carbons (Fsp3) is 0.241. The van der Waals surface area contributed by atoms with Crippen molar-refractivity contribution in [3.8, 4) is 11.3 Å². The number of nitrogens with one attached hydrogen (secondary N) is 1. The van der Waals surface area contributed by atoms with Crippen molar-refractivity contribution in [2.24, 2.45) is 0 Å². The van der Waals surface area contributed by atoms with Crippen LogP contribution in [-0.4, -0.2) is 29.5 Å². The summed E-state index contributed by atoms with van der Waals surface area (Å²) in [6.07, 6.45) is 8.33. The summed E-state index contributed by atoms with van der Waals surface area (Å²) in [5.74, 6) is 0. The number of nitrogens with zero attached hydrogens (tertiary/aromatic N) is 1. The van der Waals surface area contributed by atoms with Gasteiger partial charge in [0.05, 0.1) is 0 Å². The van der Waals surface area contributed by atoms with Crippen LogP contribution in [0.1, 0.15) is 29.5 Å². The molecule has 1 saturated heterocycles. The molecule has 0 amide bonds. The number of likely N-dealkylation sites (tertiary alicyclic amines) is 1. The van der Waals surface area contributed by atoms with Gasteiger partial charge < -0.3 is 9.88 Å². The molecule has 1 N–H and O–H groups in total. The minimum Gasteiger partial charge on any atom is -0.354 e. The molecule has 1 aliphatic carbocycles. The van der Waals surface area contributed by atoms with Crippen LogP contribution in [0.3, 0.4) is 0 Å². The van der Waals surface area contributed by atoms with Crippen molar-refractivity contribution in [1.29, 1.82) is 0 Å². The van der Waals surface area contributed by atoms with E-state index < -0.39 is 0 Å². The third kappa shape index (κ3) is 3.23. The molecule has 0 radical (unpaired) electrons. The van der Waals surface area contributed by atoms with Crippen LogP contribution in [0.4, 0.5) is 0 Å². The topological polar surface area (TPSA) is 19.0 Å². The van der Waals surface area contributed by atoms with Gasteiger partial charge in [0, 0.05) is 28.6 Å². The summed E-state index contributed by atoms with van der Waals surface area (Å²) >= 11 is 0. The summed E-state index contributed by atoms with van der Waals surface area (Å²) < 4.78 is 0. The molecule has 2 aliphatic rings. The van der Waals surface area contributed by atoms with Gasteiger partial charge in [0.15, 0.2) is 0 Å². The number of rotatable bonds is 4. The zero-order valence-corrected chi connectivity index (χ0v) is 17.9. The van der Waals surface area contributed by atoms with Gasteiger partial charge in [-0.25, -0.2) is 0 Å². The van der Waals surface area contributed by atoms with Gasteiger partial charge in [0.2, 0.25) is 0 Å². The fourth-order valence-corrected chi connectivity index (χ4v) is 5.63. The Balaban J connectivity index is 1.21. The standard InChI is InChI=1S/C29H28N2/c1-2-9-23(10-3-1)28-25(24-11-5-7-13-27(24)30-28)15-19-31-20-17-29(18-21-31)16-14-22-8-4-6-12-26(22)29/h1-14,16,30H,15,17-21H2. The highest BCUT2D eigenvalue weighted by molar-refractivity contribution is 5.90. The van der Waals surface area contributed by atoms with Crippen molar-refractivity contribution in [2.45, 2.75) is 24.7 Å². The van der Waals surface area contributed by atoms with Crippen molar-refractivity contribution in [2.75, 3.05) is 19.6 Å². The van der Waals surface area contributed by atoms with Crippen molar-refractivity contribution in [3.63, 3.8) is 0 Å². The minimum atomic E-state index is 0.267. The number of allylic oxidation sites excluding steroid dienone is 1. The van der Waals surface area contributed by atoms with Gasteiger partial charge in [-0.05, 0) is 60.7 Å². The van der Waals surface area contributed by atoms with E-state index >= 15 is 0 Å². The highest BCUT2D eigenvalue weighted by Crippen LogP contribution is 2.43. The van der Waals surface area contributed by atoms with E-state index in [1.165, 1.54) is 64.8 Å². The number of benzene rings is 3. The van der Waals surface area contributed by atoms with Crippen molar-refractivity contribution < 1.29 is 0 Å². The molecule has 1 fully saturated rings. The predicted molar refractivity (Wildman–Crippen MR) is 130 cm³/mol. The second kappa shape index (κ2) is 7.55. The van der Waals surface area contributed by atoms with Gasteiger partial charge in [-0.15, -0.1) is 0 Å². The number of H-pyrrole nitrogens is 1. The Hall–Kier alpha value is -3.10. The molecule has 1 spiro atoms. The van der Waals surface area contributed by atoms with Crippen molar-refractivity contribution >= 4 is 17.0 Å². The SMILES string of the molecule is C1=CC2(CCN(CCc3c(-c4ccccc4)[nH]c4ccccc34)CC2)c2ccccc21. The molecule has 4 aromatic rings. The number of aromatic nitrogens is 1. The summed E-state index contributed by atoms with van der Waals surface area (Å²) in [4.78, 5) is 6.35. The number of para-hydroxylation sites is 1. The Bertz CT molecular complexity index is 1240. The van der Waals surface area contributed by atoms with Crippen LogP contribution >= 0.6 is 0 Å². The molecular formula is C29H28N2. The van der Waals surface area contributed by atoms with E-state index in [0.29, 0.717) is 0 Å². The Morgan fingerprint density at radius 3 is 2.42 bits per heavy atom. The largest absolute Gasteiger partial charge is 0.354 e. The molecule has 0 atom stereocenters. The Labute approximate surface area is 184 Å². The van der Waals surface area contributed by atoms with Crippen LogP contribution in [0.2, 0.25) is 0 Å². The van der Waals surface area contributed by atoms with Crippen LogP contribution < -0.4 is 0 Å². The maximum absolute atomic E-state index is 3.69. The van der Waals surface area contributed by atoms with Gasteiger partial charge in [-0.1, -0.05) is 84.9 Å². The van der Waals surface area contributed by atoms with Crippen LogP contribution in [0, 0.1) is 0 Å². The lowest BCUT2D eigenvalue weighted by Gasteiger charge is -2.39. The maximum Gasteiger partial charge on any atom is 0.0497 e. The Morgan fingerprint density at radius 1 is 0.806 bits per heavy atom. The lowest BCUT2D eigenvalue weighted by Crippen LogP contribution is -2.41. The van der Waals surface area contributed by atoms with E-state index in [0.717, 1.165) is 13.0 Å². The molecule has 0 unspecified atom stereocenters. The number of fused-ring (bicyclic) bond motifs is 3. The maximum atomic E-state index is 3.69. The van der Waals surface area contributed by atoms with Gasteiger partial charge in [0.1, 0.15) is 0 Å². The van der Waals surface area contributed by atoms with Crippen LogP contribution in [0.25, 0.3) is 28.2 Å². The summed E-state index contributed by atoms with van der Waals surface area (Å²) in [6, 6.07) is 28.4. The molecule has 2 heterocycles. The third-order valence-electron chi connectivity index (χ3n) is 7.38. The lowest BCUT2D eigenvalue weighted by atomic mass is 9.74. The van der Waals surface area contributed by atoms with E-state index in [-0.39, 0.29) is 5.41 Å². The summed E-state index contributed by atoms with van der Waals surface area (Å²) in [6.45, 7) is 3.45. The van der Waals surface area contributed by atoms with E-state index in [1.807, 2.05) is 0 Å². The number of hydrogen-bond donors (Lipinski definition) is 1. The molecule has 154 valence electrons. The first-order valence-corrected chi connectivity index (χ1v) is 11.5. The normalized spacial score (nSPS) is 17.4. The van der Waals surface area contributed by atoms with Crippen LogP contribution in [0.5, 0.6) is 0 Å². The molecule has 31 heavy (non-hydrogen) atoms. The number of piperidine rings is 1. The summed E-state index contributed by atoms with van der Waals surface area (Å²) in [7, 11) is 0. The van der Waals surface area contributed by atoms with E-state index in [2.05, 4.69) is 101 Å². The zero-order valence-electron chi connectivity index (χ0n) is 17.9. The number of aromatic amines is 1. The van der Waals surface area contributed by atoms with Gasteiger partial charge in [-0.3, -0.25) is 0 Å². The van der Waals surface area contributed by atoms with Gasteiger partial charge in [0.25, 0.3) is 0 Å². The molecule has 0 saturated carbocycles. The molecule has 3 aromatic carbocycles. The highest BCUT2D eigenvalue weighted by atomic mass is 15.1. The highest BCUT2D eigenvalue weighted by Gasteiger charge is 2.37. The molecule has 6 rings (SSSR count). The quantitative estimate of drug-likeness (QED) is 0.415. The zero-order chi connectivity index (χ0) is 20.7. The first kappa shape index (κ1) is 18.7. The fourth-order valence-electron chi connectivity index (χ4n) is 5.63. The summed E-state index contributed by atoms with van der Waals surface area (Å²) in [5, 5.41) is 1.36. The average molecular weight is 405 g/mol. The van der Waals surface area contributed by atoms with E-state index in [9.17, 15) is 0 Å². The monoisotopic (exact) mass is 404 g/mol. The smallest absolute Gasteiger partial charge is 0.0497 e. The molecule has 2 heteroatoms. The first-order valence-electron chi connectivity index (χ1n) is 11.5. The molecule has 0 bridgehead atoms. The van der Waals surface area contributed by atoms with Crippen molar-refractivity contribution in [3.05, 3.63) is 102 Å². The van der Waals surface area contributed by atoms with Crippen LogP contribution in [0.15, 0.2) is 84.9 Å². The predicted octanol–water partition coefficient (Wildman–Crippen LogP) is 6.44. The second-order valence-corrected chi connectivity index (χ2v) is 9.06. The Morgan fingerprint density at radius 2 is 1.55 bits per heavy atom. The second-order valence-electron chi connectivity index (χ2n) is 9.06.